The number of para-hydroxylation sites is 1. The molecule has 170 valence electrons. The Balaban J connectivity index is 1.93. The third-order valence-corrected chi connectivity index (χ3v) is 8.01. The number of nitrogens with zero attached hydrogens (tertiary/aromatic N) is 3. The Bertz CT molecular complexity index is 1470. The van der Waals surface area contributed by atoms with E-state index >= 15 is 0 Å². The highest BCUT2D eigenvalue weighted by molar-refractivity contribution is 9.10. The van der Waals surface area contributed by atoms with E-state index in [9.17, 15) is 17.6 Å². The lowest BCUT2D eigenvalue weighted by molar-refractivity contribution is 0.340. The van der Waals surface area contributed by atoms with Crippen LogP contribution in [0.25, 0.3) is 16.6 Å². The van der Waals surface area contributed by atoms with Crippen LogP contribution in [0.3, 0.4) is 0 Å². The molecule has 1 heterocycles. The molecule has 0 spiro atoms. The Morgan fingerprint density at radius 2 is 1.67 bits per heavy atom. The first-order valence-corrected chi connectivity index (χ1v) is 12.5. The number of sulfonamides is 1. The molecule has 0 aliphatic rings. The van der Waals surface area contributed by atoms with Gasteiger partial charge in [0.15, 0.2) is 0 Å². The largest absolute Gasteiger partial charge is 0.268 e. The third-order valence-electron chi connectivity index (χ3n) is 5.42. The van der Waals surface area contributed by atoms with Crippen LogP contribution in [-0.2, 0) is 10.0 Å². The van der Waals surface area contributed by atoms with Crippen LogP contribution in [-0.4, -0.2) is 28.8 Å². The van der Waals surface area contributed by atoms with Crippen molar-refractivity contribution in [1.29, 1.82) is 0 Å². The van der Waals surface area contributed by atoms with Crippen molar-refractivity contribution in [1.82, 2.24) is 13.9 Å². The maximum atomic E-state index is 13.5. The van der Waals surface area contributed by atoms with Crippen LogP contribution < -0.4 is 5.56 Å². The first-order chi connectivity index (χ1) is 15.7. The number of aromatic nitrogens is 2. The maximum absolute atomic E-state index is 13.5. The molecule has 0 aliphatic heterocycles. The second-order valence-corrected chi connectivity index (χ2v) is 10.2. The number of benzene rings is 3. The van der Waals surface area contributed by atoms with Gasteiger partial charge < -0.3 is 0 Å². The summed E-state index contributed by atoms with van der Waals surface area (Å²) in [5.74, 6) is -0.237. The van der Waals surface area contributed by atoms with Gasteiger partial charge in [0, 0.05) is 11.0 Å². The van der Waals surface area contributed by atoms with E-state index in [0.29, 0.717) is 16.6 Å². The van der Waals surface area contributed by atoms with E-state index in [4.69, 9.17) is 4.98 Å². The van der Waals surface area contributed by atoms with E-state index in [1.807, 2.05) is 0 Å². The van der Waals surface area contributed by atoms with E-state index in [-0.39, 0.29) is 22.8 Å². The molecular weight excluding hydrogens is 509 g/mol. The molecule has 1 unspecified atom stereocenters. The van der Waals surface area contributed by atoms with Crippen molar-refractivity contribution in [2.75, 3.05) is 6.54 Å². The van der Waals surface area contributed by atoms with Gasteiger partial charge in [0.25, 0.3) is 5.56 Å². The second kappa shape index (κ2) is 9.17. The summed E-state index contributed by atoms with van der Waals surface area (Å²) in [6, 6.07) is 18.0. The molecule has 0 fully saturated rings. The zero-order valence-corrected chi connectivity index (χ0v) is 20.3. The Morgan fingerprint density at radius 3 is 2.30 bits per heavy atom. The fourth-order valence-electron chi connectivity index (χ4n) is 3.79. The smallest absolute Gasteiger partial charge is 0.266 e. The van der Waals surface area contributed by atoms with E-state index in [2.05, 4.69) is 15.9 Å². The summed E-state index contributed by atoms with van der Waals surface area (Å²) >= 11 is 3.40. The van der Waals surface area contributed by atoms with Crippen molar-refractivity contribution in [2.45, 2.75) is 24.8 Å². The molecule has 33 heavy (non-hydrogen) atoms. The number of halogens is 2. The van der Waals surface area contributed by atoms with E-state index < -0.39 is 21.9 Å². The molecular formula is C24H21BrFN3O3S. The van der Waals surface area contributed by atoms with Gasteiger partial charge in [-0.15, -0.1) is 0 Å². The normalized spacial score (nSPS) is 12.9. The highest BCUT2D eigenvalue weighted by Crippen LogP contribution is 2.28. The average Bonchev–Trinajstić information content (AvgIpc) is 2.80. The summed E-state index contributed by atoms with van der Waals surface area (Å²) in [5.41, 5.74) is 0.756. The van der Waals surface area contributed by atoms with Gasteiger partial charge in [0.05, 0.1) is 27.5 Å². The van der Waals surface area contributed by atoms with Gasteiger partial charge in [-0.1, -0.05) is 35.0 Å². The summed E-state index contributed by atoms with van der Waals surface area (Å²) in [6.07, 6.45) is 0. The lowest BCUT2D eigenvalue weighted by Crippen LogP contribution is -2.37. The molecule has 6 nitrogen and oxygen atoms in total. The van der Waals surface area contributed by atoms with Gasteiger partial charge in [0.1, 0.15) is 11.6 Å². The van der Waals surface area contributed by atoms with Crippen molar-refractivity contribution in [2.24, 2.45) is 0 Å². The number of hydrogen-bond acceptors (Lipinski definition) is 4. The van der Waals surface area contributed by atoms with Crippen LogP contribution >= 0.6 is 15.9 Å². The minimum absolute atomic E-state index is 0.0315. The first kappa shape index (κ1) is 23.3. The molecule has 1 aromatic heterocycles. The minimum Gasteiger partial charge on any atom is -0.268 e. The standard InChI is InChI=1S/C24H21BrFN3O3S/c1-3-28(33(31,32)20-14-10-18(26)11-15-20)16(2)23-27-22-7-5-4-6-21(22)24(30)29(23)19-12-8-17(25)9-13-19/h4-16H,3H2,1-2H3. The van der Waals surface area contributed by atoms with Gasteiger partial charge in [-0.3, -0.25) is 9.36 Å². The predicted octanol–water partition coefficient (Wildman–Crippen LogP) is 5.06. The van der Waals surface area contributed by atoms with Crippen LogP contribution in [0.5, 0.6) is 0 Å². The SMILES string of the molecule is CCN(C(C)c1nc2ccccc2c(=O)n1-c1ccc(Br)cc1)S(=O)(=O)c1ccc(F)cc1. The van der Waals surface area contributed by atoms with Gasteiger partial charge in [0.2, 0.25) is 10.0 Å². The summed E-state index contributed by atoms with van der Waals surface area (Å²) < 4.78 is 43.8. The topological polar surface area (TPSA) is 72.3 Å². The Kier molecular flexibility index (Phi) is 6.47. The first-order valence-electron chi connectivity index (χ1n) is 10.3. The third kappa shape index (κ3) is 4.36. The van der Waals surface area contributed by atoms with Crippen molar-refractivity contribution in [3.63, 3.8) is 0 Å². The fourth-order valence-corrected chi connectivity index (χ4v) is 5.66. The molecule has 1 atom stereocenters. The summed E-state index contributed by atoms with van der Waals surface area (Å²) in [4.78, 5) is 18.2. The van der Waals surface area contributed by atoms with Crippen LogP contribution in [0, 0.1) is 5.82 Å². The predicted molar refractivity (Wildman–Crippen MR) is 129 cm³/mol. The molecule has 4 rings (SSSR count). The quantitative estimate of drug-likeness (QED) is 0.350. The molecule has 4 aromatic rings. The Labute approximate surface area is 199 Å². The van der Waals surface area contributed by atoms with Crippen molar-refractivity contribution >= 4 is 36.9 Å². The molecule has 0 saturated carbocycles. The number of hydrogen-bond donors (Lipinski definition) is 0. The molecule has 0 amide bonds. The zero-order valence-electron chi connectivity index (χ0n) is 17.9. The van der Waals surface area contributed by atoms with E-state index in [1.165, 1.54) is 21.0 Å². The van der Waals surface area contributed by atoms with Crippen LogP contribution in [0.15, 0.2) is 87.0 Å². The number of fused-ring (bicyclic) bond motifs is 1. The minimum atomic E-state index is -3.98. The van der Waals surface area contributed by atoms with Crippen molar-refractivity contribution in [3.8, 4) is 5.69 Å². The van der Waals surface area contributed by atoms with E-state index in [1.54, 1.807) is 62.4 Å². The van der Waals surface area contributed by atoms with Gasteiger partial charge in [-0.2, -0.15) is 4.31 Å². The lowest BCUT2D eigenvalue weighted by atomic mass is 10.2. The van der Waals surface area contributed by atoms with Crippen molar-refractivity contribution < 1.29 is 12.8 Å². The molecule has 0 aliphatic carbocycles. The number of rotatable bonds is 6. The molecule has 0 radical (unpaired) electrons. The van der Waals surface area contributed by atoms with Crippen LogP contribution in [0.2, 0.25) is 0 Å². The highest BCUT2D eigenvalue weighted by Gasteiger charge is 2.32. The molecule has 9 heteroatoms. The summed E-state index contributed by atoms with van der Waals surface area (Å²) in [5, 5.41) is 0.431. The van der Waals surface area contributed by atoms with Gasteiger partial charge in [-0.25, -0.2) is 17.8 Å². The maximum Gasteiger partial charge on any atom is 0.266 e. The van der Waals surface area contributed by atoms with Crippen LogP contribution in [0.1, 0.15) is 25.7 Å². The Hall–Kier alpha value is -2.88. The monoisotopic (exact) mass is 529 g/mol. The van der Waals surface area contributed by atoms with Gasteiger partial charge in [-0.05, 0) is 67.6 Å². The van der Waals surface area contributed by atoms with Crippen molar-refractivity contribution in [3.05, 3.63) is 99.3 Å². The molecule has 0 N–H and O–H groups in total. The Morgan fingerprint density at radius 1 is 1.03 bits per heavy atom. The summed E-state index contributed by atoms with van der Waals surface area (Å²) in [6.45, 7) is 3.53. The lowest BCUT2D eigenvalue weighted by Gasteiger charge is -2.28. The average molecular weight is 530 g/mol. The van der Waals surface area contributed by atoms with Crippen LogP contribution in [0.4, 0.5) is 4.39 Å². The fraction of sp³-hybridized carbons (Fsp3) is 0.167. The molecule has 3 aromatic carbocycles. The molecule has 0 bridgehead atoms. The zero-order chi connectivity index (χ0) is 23.8. The molecule has 0 saturated heterocycles. The second-order valence-electron chi connectivity index (χ2n) is 7.44. The van der Waals surface area contributed by atoms with Gasteiger partial charge >= 0.3 is 0 Å². The van der Waals surface area contributed by atoms with E-state index in [0.717, 1.165) is 16.6 Å². The summed E-state index contributed by atoms with van der Waals surface area (Å²) in [7, 11) is -3.98. The highest BCUT2D eigenvalue weighted by atomic mass is 79.9.